The van der Waals surface area contributed by atoms with Gasteiger partial charge in [0.25, 0.3) is 11.8 Å². The number of amides is 2. The maximum atomic E-state index is 13.0. The molecule has 0 saturated heterocycles. The number of benzene rings is 2. The number of rotatable bonds is 10. The summed E-state index contributed by atoms with van der Waals surface area (Å²) in [4.78, 5) is 27.0. The van der Waals surface area contributed by atoms with Crippen molar-refractivity contribution >= 4 is 39.1 Å². The first-order chi connectivity index (χ1) is 16.5. The van der Waals surface area contributed by atoms with E-state index >= 15 is 0 Å². The molecule has 0 radical (unpaired) electrons. The molecule has 4 rings (SSSR count). The van der Waals surface area contributed by atoms with Gasteiger partial charge in [-0.2, -0.15) is 5.10 Å². The van der Waals surface area contributed by atoms with Crippen LogP contribution >= 0.6 is 11.3 Å². The average molecular weight is 477 g/mol. The molecular weight excluding hydrogens is 448 g/mol. The Morgan fingerprint density at radius 3 is 2.68 bits per heavy atom. The van der Waals surface area contributed by atoms with Crippen LogP contribution in [0.3, 0.4) is 0 Å². The highest BCUT2D eigenvalue weighted by Crippen LogP contribution is 2.29. The first-order valence-electron chi connectivity index (χ1n) is 11.3. The molecule has 2 aromatic heterocycles. The lowest BCUT2D eigenvalue weighted by molar-refractivity contribution is 0.0943. The summed E-state index contributed by atoms with van der Waals surface area (Å²) in [5.41, 5.74) is 3.12. The van der Waals surface area contributed by atoms with Gasteiger partial charge in [0.1, 0.15) is 4.83 Å². The molecule has 0 fully saturated rings. The number of nitrogens with one attached hydrogen (secondary N) is 2. The fourth-order valence-corrected chi connectivity index (χ4v) is 4.70. The molecule has 2 aromatic carbocycles. The number of aromatic nitrogens is 2. The monoisotopic (exact) mass is 476 g/mol. The fourth-order valence-electron chi connectivity index (χ4n) is 3.64. The number of carbonyl (C=O) groups excluding carboxylic acids is 2. The second-order valence-electron chi connectivity index (χ2n) is 7.90. The Morgan fingerprint density at radius 1 is 1.06 bits per heavy atom. The van der Waals surface area contributed by atoms with Crippen LogP contribution in [0.1, 0.15) is 44.6 Å². The summed E-state index contributed by atoms with van der Waals surface area (Å²) in [7, 11) is 0. The predicted octanol–water partition coefficient (Wildman–Crippen LogP) is 4.86. The van der Waals surface area contributed by atoms with Crippen molar-refractivity contribution in [2.75, 3.05) is 25.1 Å². The molecule has 0 spiro atoms. The van der Waals surface area contributed by atoms with Crippen LogP contribution in [-0.2, 0) is 11.3 Å². The van der Waals surface area contributed by atoms with Crippen LogP contribution in [-0.4, -0.2) is 41.4 Å². The Hall–Kier alpha value is -3.49. The van der Waals surface area contributed by atoms with Crippen molar-refractivity contribution in [3.8, 4) is 0 Å². The zero-order valence-corrected chi connectivity index (χ0v) is 20.2. The molecule has 2 heterocycles. The van der Waals surface area contributed by atoms with Gasteiger partial charge in [0.2, 0.25) is 0 Å². The van der Waals surface area contributed by atoms with Gasteiger partial charge in [-0.15, -0.1) is 11.3 Å². The number of aryl methyl sites for hydroxylation is 1. The normalized spacial score (nSPS) is 11.0. The highest BCUT2D eigenvalue weighted by Gasteiger charge is 2.17. The Bertz CT molecular complexity index is 1280. The molecule has 0 atom stereocenters. The van der Waals surface area contributed by atoms with Gasteiger partial charge in [0, 0.05) is 36.4 Å². The molecule has 176 valence electrons. The first-order valence-corrected chi connectivity index (χ1v) is 12.1. The third-order valence-corrected chi connectivity index (χ3v) is 6.49. The van der Waals surface area contributed by atoms with E-state index in [1.54, 1.807) is 24.3 Å². The van der Waals surface area contributed by atoms with Gasteiger partial charge < -0.3 is 15.4 Å². The van der Waals surface area contributed by atoms with Crippen molar-refractivity contribution in [2.45, 2.75) is 26.8 Å². The lowest BCUT2D eigenvalue weighted by Crippen LogP contribution is -2.25. The molecule has 7 nitrogen and oxygen atoms in total. The Labute approximate surface area is 202 Å². The minimum atomic E-state index is -0.207. The van der Waals surface area contributed by atoms with Gasteiger partial charge in [-0.3, -0.25) is 14.3 Å². The number of nitrogens with zero attached hydrogens (tertiary/aromatic N) is 2. The smallest absolute Gasteiger partial charge is 0.265 e. The highest BCUT2D eigenvalue weighted by molar-refractivity contribution is 7.20. The molecule has 0 unspecified atom stereocenters. The zero-order valence-electron chi connectivity index (χ0n) is 19.3. The maximum Gasteiger partial charge on any atom is 0.265 e. The lowest BCUT2D eigenvalue weighted by Gasteiger charge is -2.08. The van der Waals surface area contributed by atoms with Crippen molar-refractivity contribution in [3.63, 3.8) is 0 Å². The maximum absolute atomic E-state index is 13.0. The number of thiophene rings is 1. The summed E-state index contributed by atoms with van der Waals surface area (Å²) >= 11 is 1.42. The molecule has 2 amide bonds. The Balaban J connectivity index is 1.43. The second kappa shape index (κ2) is 11.1. The quantitative estimate of drug-likeness (QED) is 0.320. The van der Waals surface area contributed by atoms with Crippen molar-refractivity contribution in [1.82, 2.24) is 15.1 Å². The van der Waals surface area contributed by atoms with Gasteiger partial charge in [-0.05, 0) is 50.1 Å². The number of anilines is 1. The Morgan fingerprint density at radius 2 is 1.88 bits per heavy atom. The number of hydrogen-bond donors (Lipinski definition) is 2. The standard InChI is InChI=1S/C26H28N4O3S/c1-3-33-14-8-13-27-24(31)20-11-7-12-21(15-20)28-25(32)23-16-22-18(2)29-30(26(22)34-23)17-19-9-5-4-6-10-19/h4-7,9-12,15-16H,3,8,13-14,17H2,1-2H3,(H,27,31)(H,28,32). The minimum absolute atomic E-state index is 0.175. The van der Waals surface area contributed by atoms with E-state index < -0.39 is 0 Å². The van der Waals surface area contributed by atoms with E-state index in [1.165, 1.54) is 11.3 Å². The number of carbonyl (C=O) groups is 2. The van der Waals surface area contributed by atoms with Crippen molar-refractivity contribution < 1.29 is 14.3 Å². The summed E-state index contributed by atoms with van der Waals surface area (Å²) in [5, 5.41) is 11.4. The molecule has 0 saturated carbocycles. The third kappa shape index (κ3) is 5.70. The van der Waals surface area contributed by atoms with Gasteiger partial charge in [-0.1, -0.05) is 36.4 Å². The van der Waals surface area contributed by atoms with E-state index in [9.17, 15) is 9.59 Å². The second-order valence-corrected chi connectivity index (χ2v) is 8.93. The SMILES string of the molecule is CCOCCCNC(=O)c1cccc(NC(=O)c2cc3c(C)nn(Cc4ccccc4)c3s2)c1. The summed E-state index contributed by atoms with van der Waals surface area (Å²) in [5.74, 6) is -0.382. The molecular formula is C26H28N4O3S. The average Bonchev–Trinajstić information content (AvgIpc) is 3.41. The molecule has 0 aliphatic heterocycles. The molecule has 0 bridgehead atoms. The van der Waals surface area contributed by atoms with Crippen LogP contribution < -0.4 is 10.6 Å². The molecule has 4 aromatic rings. The van der Waals surface area contributed by atoms with Crippen molar-refractivity contribution in [1.29, 1.82) is 0 Å². The van der Waals surface area contributed by atoms with Crippen LogP contribution in [0.25, 0.3) is 10.2 Å². The number of hydrogen-bond acceptors (Lipinski definition) is 5. The fraction of sp³-hybridized carbons (Fsp3) is 0.269. The Kier molecular flexibility index (Phi) is 7.72. The molecule has 0 aliphatic rings. The van der Waals surface area contributed by atoms with E-state index in [4.69, 9.17) is 4.74 Å². The van der Waals surface area contributed by atoms with Gasteiger partial charge in [-0.25, -0.2) is 0 Å². The van der Waals surface area contributed by atoms with Crippen LogP contribution in [0.2, 0.25) is 0 Å². The number of ether oxygens (including phenoxy) is 1. The third-order valence-electron chi connectivity index (χ3n) is 5.34. The predicted molar refractivity (Wildman–Crippen MR) is 136 cm³/mol. The van der Waals surface area contributed by atoms with Crippen LogP contribution in [0.5, 0.6) is 0 Å². The molecule has 8 heteroatoms. The van der Waals surface area contributed by atoms with E-state index in [0.717, 1.165) is 27.9 Å². The zero-order chi connectivity index (χ0) is 23.9. The molecule has 2 N–H and O–H groups in total. The van der Waals surface area contributed by atoms with E-state index in [0.29, 0.717) is 42.4 Å². The number of fused-ring (bicyclic) bond motifs is 1. The van der Waals surface area contributed by atoms with Crippen LogP contribution in [0.15, 0.2) is 60.7 Å². The van der Waals surface area contributed by atoms with Gasteiger partial charge in [0.05, 0.1) is 17.1 Å². The molecule has 0 aliphatic carbocycles. The van der Waals surface area contributed by atoms with Gasteiger partial charge >= 0.3 is 0 Å². The van der Waals surface area contributed by atoms with Gasteiger partial charge in [0.15, 0.2) is 0 Å². The van der Waals surface area contributed by atoms with Crippen molar-refractivity contribution in [3.05, 3.63) is 82.4 Å². The topological polar surface area (TPSA) is 85.2 Å². The first kappa shape index (κ1) is 23.7. The summed E-state index contributed by atoms with van der Waals surface area (Å²) in [6.07, 6.45) is 0.753. The summed E-state index contributed by atoms with van der Waals surface area (Å²) in [6, 6.07) is 19.0. The minimum Gasteiger partial charge on any atom is -0.382 e. The van der Waals surface area contributed by atoms with Crippen LogP contribution in [0.4, 0.5) is 5.69 Å². The van der Waals surface area contributed by atoms with Crippen molar-refractivity contribution in [2.24, 2.45) is 0 Å². The largest absolute Gasteiger partial charge is 0.382 e. The summed E-state index contributed by atoms with van der Waals surface area (Å²) < 4.78 is 7.23. The van der Waals surface area contributed by atoms with E-state index in [2.05, 4.69) is 27.9 Å². The van der Waals surface area contributed by atoms with E-state index in [-0.39, 0.29) is 11.8 Å². The van der Waals surface area contributed by atoms with Crippen LogP contribution in [0, 0.1) is 6.92 Å². The highest BCUT2D eigenvalue weighted by atomic mass is 32.1. The lowest BCUT2D eigenvalue weighted by atomic mass is 10.2. The summed E-state index contributed by atoms with van der Waals surface area (Å²) in [6.45, 7) is 6.36. The molecule has 34 heavy (non-hydrogen) atoms. The van der Waals surface area contributed by atoms with E-state index in [1.807, 2.05) is 42.8 Å².